The zero-order chi connectivity index (χ0) is 24.9. The average molecular weight is 518 g/mol. The summed E-state index contributed by atoms with van der Waals surface area (Å²) in [6.07, 6.45) is 11.2. The molecular formula is C28H25Cl2N5O. The molecule has 6 nitrogen and oxygen atoms in total. The molecule has 0 aliphatic carbocycles. The predicted octanol–water partition coefficient (Wildman–Crippen LogP) is 6.48. The van der Waals surface area contributed by atoms with Crippen LogP contribution in [0.1, 0.15) is 40.2 Å². The van der Waals surface area contributed by atoms with Crippen molar-refractivity contribution in [3.8, 4) is 0 Å². The lowest BCUT2D eigenvalue weighted by Crippen LogP contribution is -2.33. The number of amides is 1. The highest BCUT2D eigenvalue weighted by molar-refractivity contribution is 6.30. The van der Waals surface area contributed by atoms with Gasteiger partial charge in [0.2, 0.25) is 0 Å². The van der Waals surface area contributed by atoms with Crippen molar-refractivity contribution in [2.24, 2.45) is 0 Å². The summed E-state index contributed by atoms with van der Waals surface area (Å²) in [6.45, 7) is 2.80. The molecular weight excluding hydrogens is 493 g/mol. The van der Waals surface area contributed by atoms with Crippen LogP contribution in [0.2, 0.25) is 10.2 Å². The van der Waals surface area contributed by atoms with Gasteiger partial charge in [-0.15, -0.1) is 0 Å². The van der Waals surface area contributed by atoms with Crippen LogP contribution in [0.4, 0.5) is 5.69 Å². The minimum Gasteiger partial charge on any atom is -0.322 e. The molecule has 1 N–H and O–H groups in total. The van der Waals surface area contributed by atoms with Crippen molar-refractivity contribution in [3.05, 3.63) is 100 Å². The Kier molecular flexibility index (Phi) is 7.56. The quantitative estimate of drug-likeness (QED) is 0.296. The average Bonchev–Trinajstić information content (AvgIpc) is 2.90. The molecule has 36 heavy (non-hydrogen) atoms. The molecule has 1 amide bonds. The minimum atomic E-state index is -0.228. The topological polar surface area (TPSA) is 71.0 Å². The van der Waals surface area contributed by atoms with Gasteiger partial charge in [-0.1, -0.05) is 47.5 Å². The van der Waals surface area contributed by atoms with Crippen LogP contribution in [0.3, 0.4) is 0 Å². The highest BCUT2D eigenvalue weighted by Crippen LogP contribution is 2.37. The summed E-state index contributed by atoms with van der Waals surface area (Å²) >= 11 is 12.0. The molecule has 2 aromatic carbocycles. The van der Waals surface area contributed by atoms with Crippen LogP contribution in [0.15, 0.2) is 73.2 Å². The molecule has 1 saturated heterocycles. The summed E-state index contributed by atoms with van der Waals surface area (Å²) in [4.78, 5) is 28.5. The number of hydrogen-bond acceptors (Lipinski definition) is 5. The van der Waals surface area contributed by atoms with Crippen molar-refractivity contribution >= 4 is 51.9 Å². The molecule has 182 valence electrons. The SMILES string of the molecule is O=C(Nc1ccc2nccnc2c1C1CCN(CC=Cc2ccc(Cl)cc2)CC1)c1ccnc(Cl)c1. The zero-order valence-corrected chi connectivity index (χ0v) is 21.1. The number of rotatable bonds is 6. The molecule has 0 spiro atoms. The van der Waals surface area contributed by atoms with Gasteiger partial charge in [-0.2, -0.15) is 0 Å². The summed E-state index contributed by atoms with van der Waals surface area (Å²) in [5.41, 5.74) is 5.07. The Morgan fingerprint density at radius 1 is 0.972 bits per heavy atom. The molecule has 8 heteroatoms. The Labute approximate surface area is 220 Å². The van der Waals surface area contributed by atoms with Crippen LogP contribution in [-0.2, 0) is 0 Å². The molecule has 0 saturated carbocycles. The molecule has 0 radical (unpaired) electrons. The summed E-state index contributed by atoms with van der Waals surface area (Å²) in [5.74, 6) is 0.0341. The molecule has 0 bridgehead atoms. The third-order valence-corrected chi connectivity index (χ3v) is 6.92. The van der Waals surface area contributed by atoms with Crippen molar-refractivity contribution in [2.45, 2.75) is 18.8 Å². The number of anilines is 1. The summed E-state index contributed by atoms with van der Waals surface area (Å²) in [5, 5.41) is 4.11. The van der Waals surface area contributed by atoms with E-state index in [1.807, 2.05) is 36.4 Å². The Bertz CT molecular complexity index is 1400. The fourth-order valence-corrected chi connectivity index (χ4v) is 4.93. The lowest BCUT2D eigenvalue weighted by Gasteiger charge is -2.32. The van der Waals surface area contributed by atoms with Crippen LogP contribution in [0, 0.1) is 0 Å². The number of nitrogens with one attached hydrogen (secondary N) is 1. The first-order chi connectivity index (χ1) is 17.6. The van der Waals surface area contributed by atoms with E-state index in [4.69, 9.17) is 23.2 Å². The Morgan fingerprint density at radius 2 is 1.75 bits per heavy atom. The van der Waals surface area contributed by atoms with Crippen LogP contribution in [0.25, 0.3) is 17.1 Å². The fraction of sp³-hybridized carbons (Fsp3) is 0.214. The number of aromatic nitrogens is 3. The van der Waals surface area contributed by atoms with Gasteiger partial charge in [0.25, 0.3) is 5.91 Å². The number of carbonyl (C=O) groups is 1. The maximum absolute atomic E-state index is 13.0. The molecule has 1 fully saturated rings. The van der Waals surface area contributed by atoms with Gasteiger partial charge < -0.3 is 5.32 Å². The van der Waals surface area contributed by atoms with Crippen LogP contribution >= 0.6 is 23.2 Å². The molecule has 2 aromatic heterocycles. The number of nitrogens with zero attached hydrogens (tertiary/aromatic N) is 4. The van der Waals surface area contributed by atoms with Gasteiger partial charge in [0, 0.05) is 47.0 Å². The molecule has 0 atom stereocenters. The Hall–Kier alpha value is -3.32. The number of fused-ring (bicyclic) bond motifs is 1. The van der Waals surface area contributed by atoms with Crippen molar-refractivity contribution in [2.75, 3.05) is 25.0 Å². The van der Waals surface area contributed by atoms with Crippen molar-refractivity contribution in [1.29, 1.82) is 0 Å². The van der Waals surface area contributed by atoms with Crippen LogP contribution in [0.5, 0.6) is 0 Å². The van der Waals surface area contributed by atoms with Crippen molar-refractivity contribution < 1.29 is 4.79 Å². The second-order valence-electron chi connectivity index (χ2n) is 8.80. The monoisotopic (exact) mass is 517 g/mol. The van der Waals surface area contributed by atoms with Gasteiger partial charge in [-0.3, -0.25) is 19.7 Å². The van der Waals surface area contributed by atoms with E-state index in [0.29, 0.717) is 5.56 Å². The Morgan fingerprint density at radius 3 is 2.53 bits per heavy atom. The number of carbonyl (C=O) groups excluding carboxylic acids is 1. The lowest BCUT2D eigenvalue weighted by molar-refractivity contribution is 0.102. The highest BCUT2D eigenvalue weighted by Gasteiger charge is 2.25. The zero-order valence-electron chi connectivity index (χ0n) is 19.6. The van der Waals surface area contributed by atoms with E-state index < -0.39 is 0 Å². The third-order valence-electron chi connectivity index (χ3n) is 6.46. The second kappa shape index (κ2) is 11.2. The maximum atomic E-state index is 13.0. The first-order valence-electron chi connectivity index (χ1n) is 11.9. The van der Waals surface area contributed by atoms with E-state index in [1.54, 1.807) is 24.5 Å². The fourth-order valence-electron chi connectivity index (χ4n) is 4.63. The molecule has 5 rings (SSSR count). The Balaban J connectivity index is 1.32. The number of halogens is 2. The smallest absolute Gasteiger partial charge is 0.255 e. The first-order valence-corrected chi connectivity index (χ1v) is 12.6. The second-order valence-corrected chi connectivity index (χ2v) is 9.62. The van der Waals surface area contributed by atoms with Gasteiger partial charge >= 0.3 is 0 Å². The van der Waals surface area contributed by atoms with Gasteiger partial charge in [0.1, 0.15) is 5.15 Å². The number of piperidine rings is 1. The lowest BCUT2D eigenvalue weighted by atomic mass is 9.87. The van der Waals surface area contributed by atoms with Gasteiger partial charge in [-0.05, 0) is 73.8 Å². The van der Waals surface area contributed by atoms with Crippen LogP contribution < -0.4 is 5.32 Å². The summed E-state index contributed by atoms with van der Waals surface area (Å²) < 4.78 is 0. The first kappa shape index (κ1) is 24.4. The number of pyridine rings is 1. The van der Waals surface area contributed by atoms with E-state index in [9.17, 15) is 4.79 Å². The van der Waals surface area contributed by atoms with E-state index in [-0.39, 0.29) is 17.0 Å². The molecule has 4 aromatic rings. The summed E-state index contributed by atoms with van der Waals surface area (Å²) in [6, 6.07) is 14.9. The van der Waals surface area contributed by atoms with Gasteiger partial charge in [0.15, 0.2) is 0 Å². The number of likely N-dealkylation sites (tertiary alicyclic amines) is 1. The standard InChI is InChI=1S/C28H25Cl2N5O/c29-22-5-3-19(4-6-22)2-1-15-35-16-10-20(11-17-35)26-23(7-8-24-27(26)33-14-13-31-24)34-28(36)21-9-12-32-25(30)18-21/h1-9,12-14,18,20H,10-11,15-17H2,(H,34,36). The number of benzene rings is 2. The van der Waals surface area contributed by atoms with Crippen LogP contribution in [-0.4, -0.2) is 45.4 Å². The molecule has 3 heterocycles. The molecule has 1 aliphatic rings. The third kappa shape index (κ3) is 5.73. The van der Waals surface area contributed by atoms with Crippen molar-refractivity contribution in [1.82, 2.24) is 19.9 Å². The van der Waals surface area contributed by atoms with Crippen molar-refractivity contribution in [3.63, 3.8) is 0 Å². The minimum absolute atomic E-state index is 0.228. The largest absolute Gasteiger partial charge is 0.322 e. The van der Waals surface area contributed by atoms with E-state index in [0.717, 1.165) is 65.3 Å². The predicted molar refractivity (Wildman–Crippen MR) is 146 cm³/mol. The highest BCUT2D eigenvalue weighted by atomic mass is 35.5. The maximum Gasteiger partial charge on any atom is 0.255 e. The molecule has 0 unspecified atom stereocenters. The molecule has 1 aliphatic heterocycles. The van der Waals surface area contributed by atoms with Gasteiger partial charge in [-0.25, -0.2) is 4.98 Å². The van der Waals surface area contributed by atoms with E-state index in [1.165, 1.54) is 6.20 Å². The summed E-state index contributed by atoms with van der Waals surface area (Å²) in [7, 11) is 0. The normalized spacial score (nSPS) is 14.9. The van der Waals surface area contributed by atoms with Gasteiger partial charge in [0.05, 0.1) is 11.0 Å². The number of hydrogen-bond donors (Lipinski definition) is 1. The van der Waals surface area contributed by atoms with E-state index >= 15 is 0 Å². The van der Waals surface area contributed by atoms with E-state index in [2.05, 4.69) is 37.3 Å².